The summed E-state index contributed by atoms with van der Waals surface area (Å²) in [6.07, 6.45) is 5.39. The topological polar surface area (TPSA) is 80.9 Å². The van der Waals surface area contributed by atoms with E-state index in [0.29, 0.717) is 10.3 Å². The molecular weight excluding hydrogens is 224 g/mol. The maximum Gasteiger partial charge on any atom is 0.232 e. The van der Waals surface area contributed by atoms with Crippen LogP contribution in [0.1, 0.15) is 39.0 Å². The van der Waals surface area contributed by atoms with Crippen LogP contribution >= 0.6 is 11.3 Å². The van der Waals surface area contributed by atoms with Gasteiger partial charge in [-0.15, -0.1) is 10.2 Å². The van der Waals surface area contributed by atoms with Gasteiger partial charge in [0.05, 0.1) is 0 Å². The van der Waals surface area contributed by atoms with Crippen molar-refractivity contribution in [3.63, 3.8) is 0 Å². The quantitative estimate of drug-likeness (QED) is 0.828. The highest BCUT2D eigenvalue weighted by Crippen LogP contribution is 2.36. The number of hydrogen-bond acceptors (Lipinski definition) is 5. The molecule has 1 amide bonds. The summed E-state index contributed by atoms with van der Waals surface area (Å²) >= 11 is 1.20. The first-order valence-electron chi connectivity index (χ1n) is 5.51. The molecule has 1 aliphatic rings. The summed E-state index contributed by atoms with van der Waals surface area (Å²) in [4.78, 5) is 12.1. The summed E-state index contributed by atoms with van der Waals surface area (Å²) in [6, 6.07) is 0. The van der Waals surface area contributed by atoms with Crippen molar-refractivity contribution in [2.75, 3.05) is 11.1 Å². The third-order valence-corrected chi connectivity index (χ3v) is 3.83. The molecule has 0 radical (unpaired) electrons. The molecule has 0 aliphatic heterocycles. The van der Waals surface area contributed by atoms with E-state index in [1.54, 1.807) is 0 Å². The first kappa shape index (κ1) is 11.3. The van der Waals surface area contributed by atoms with Crippen LogP contribution in [-0.4, -0.2) is 16.1 Å². The second kappa shape index (κ2) is 4.37. The molecule has 16 heavy (non-hydrogen) atoms. The smallest absolute Gasteiger partial charge is 0.232 e. The van der Waals surface area contributed by atoms with Crippen molar-refractivity contribution in [2.45, 2.75) is 39.0 Å². The van der Waals surface area contributed by atoms with Crippen LogP contribution in [0.3, 0.4) is 0 Å². The molecule has 0 spiro atoms. The van der Waals surface area contributed by atoms with E-state index in [2.05, 4.69) is 15.5 Å². The summed E-state index contributed by atoms with van der Waals surface area (Å²) in [7, 11) is 0. The van der Waals surface area contributed by atoms with Gasteiger partial charge in [0.25, 0.3) is 0 Å². The second-order valence-electron chi connectivity index (χ2n) is 4.52. The van der Waals surface area contributed by atoms with Crippen LogP contribution in [0.2, 0.25) is 0 Å². The molecule has 1 aliphatic carbocycles. The fourth-order valence-electron chi connectivity index (χ4n) is 2.09. The highest BCUT2D eigenvalue weighted by Gasteiger charge is 2.34. The first-order valence-corrected chi connectivity index (χ1v) is 6.32. The fourth-order valence-corrected chi connectivity index (χ4v) is 2.60. The first-order chi connectivity index (χ1) is 7.60. The minimum atomic E-state index is -0.251. The number of aromatic nitrogens is 2. The van der Waals surface area contributed by atoms with Gasteiger partial charge in [-0.1, -0.05) is 37.5 Å². The zero-order valence-electron chi connectivity index (χ0n) is 9.32. The van der Waals surface area contributed by atoms with Crippen LogP contribution in [0.25, 0.3) is 0 Å². The Morgan fingerprint density at radius 1 is 1.38 bits per heavy atom. The standard InChI is InChI=1S/C10H16N4OS/c1-10(5-3-2-4-6-10)7(15)12-9-14-13-8(11)16-9/h2-6H2,1H3,(H2,11,13)(H,12,14,15). The highest BCUT2D eigenvalue weighted by atomic mass is 32.1. The molecule has 3 N–H and O–H groups in total. The number of rotatable bonds is 2. The van der Waals surface area contributed by atoms with Gasteiger partial charge in [-0.2, -0.15) is 0 Å². The van der Waals surface area contributed by atoms with Crippen LogP contribution < -0.4 is 11.1 Å². The predicted molar refractivity (Wildman–Crippen MR) is 64.1 cm³/mol. The summed E-state index contributed by atoms with van der Waals surface area (Å²) < 4.78 is 0. The average Bonchev–Trinajstić information content (AvgIpc) is 2.65. The lowest BCUT2D eigenvalue weighted by atomic mass is 9.75. The van der Waals surface area contributed by atoms with E-state index in [1.807, 2.05) is 6.92 Å². The molecule has 2 rings (SSSR count). The Morgan fingerprint density at radius 3 is 2.62 bits per heavy atom. The fraction of sp³-hybridized carbons (Fsp3) is 0.700. The van der Waals surface area contributed by atoms with Crippen molar-refractivity contribution in [2.24, 2.45) is 5.41 Å². The number of anilines is 2. The second-order valence-corrected chi connectivity index (χ2v) is 5.53. The van der Waals surface area contributed by atoms with E-state index in [1.165, 1.54) is 17.8 Å². The van der Waals surface area contributed by atoms with Crippen molar-refractivity contribution in [3.05, 3.63) is 0 Å². The van der Waals surface area contributed by atoms with Crippen molar-refractivity contribution in [3.8, 4) is 0 Å². The third kappa shape index (κ3) is 2.32. The van der Waals surface area contributed by atoms with Gasteiger partial charge in [0.1, 0.15) is 0 Å². The highest BCUT2D eigenvalue weighted by molar-refractivity contribution is 7.18. The summed E-state index contributed by atoms with van der Waals surface area (Å²) in [6.45, 7) is 2.02. The van der Waals surface area contributed by atoms with Gasteiger partial charge in [0, 0.05) is 5.41 Å². The Labute approximate surface area is 98.4 Å². The van der Waals surface area contributed by atoms with Gasteiger partial charge in [-0.25, -0.2) is 0 Å². The van der Waals surface area contributed by atoms with Crippen LogP contribution in [0, 0.1) is 5.41 Å². The predicted octanol–water partition coefficient (Wildman–Crippen LogP) is 2.03. The Balaban J connectivity index is 2.01. The molecule has 1 heterocycles. The lowest BCUT2D eigenvalue weighted by Gasteiger charge is -2.31. The molecule has 88 valence electrons. The van der Waals surface area contributed by atoms with E-state index in [0.717, 1.165) is 25.7 Å². The molecule has 1 aromatic rings. The summed E-state index contributed by atoms with van der Waals surface area (Å²) in [5.74, 6) is 0.0448. The van der Waals surface area contributed by atoms with E-state index in [-0.39, 0.29) is 11.3 Å². The normalized spacial score (nSPS) is 19.3. The molecule has 6 heteroatoms. The van der Waals surface area contributed by atoms with Crippen LogP contribution in [-0.2, 0) is 4.79 Å². The third-order valence-electron chi connectivity index (χ3n) is 3.17. The lowest BCUT2D eigenvalue weighted by Crippen LogP contribution is -2.35. The van der Waals surface area contributed by atoms with Gasteiger partial charge >= 0.3 is 0 Å². The van der Waals surface area contributed by atoms with Gasteiger partial charge < -0.3 is 5.73 Å². The molecule has 0 aromatic carbocycles. The molecule has 1 saturated carbocycles. The lowest BCUT2D eigenvalue weighted by molar-refractivity contribution is -0.126. The number of nitrogens with two attached hydrogens (primary N) is 1. The van der Waals surface area contributed by atoms with Gasteiger partial charge in [-0.05, 0) is 12.8 Å². The molecular formula is C10H16N4OS. The maximum atomic E-state index is 12.1. The Kier molecular flexibility index (Phi) is 3.09. The molecule has 0 saturated heterocycles. The van der Waals surface area contributed by atoms with Gasteiger partial charge in [-0.3, -0.25) is 10.1 Å². The van der Waals surface area contributed by atoms with Gasteiger partial charge in [0.2, 0.25) is 16.2 Å². The number of nitrogen functional groups attached to an aromatic ring is 1. The minimum absolute atomic E-state index is 0.0448. The molecule has 1 fully saturated rings. The number of nitrogens with one attached hydrogen (secondary N) is 1. The minimum Gasteiger partial charge on any atom is -0.374 e. The molecule has 0 atom stereocenters. The van der Waals surface area contributed by atoms with Crippen LogP contribution in [0.4, 0.5) is 10.3 Å². The van der Waals surface area contributed by atoms with E-state index in [9.17, 15) is 4.79 Å². The van der Waals surface area contributed by atoms with Crippen molar-refractivity contribution in [1.29, 1.82) is 0 Å². The van der Waals surface area contributed by atoms with E-state index < -0.39 is 0 Å². The maximum absolute atomic E-state index is 12.1. The van der Waals surface area contributed by atoms with Gasteiger partial charge in [0.15, 0.2) is 0 Å². The average molecular weight is 240 g/mol. The summed E-state index contributed by atoms with van der Waals surface area (Å²) in [5.41, 5.74) is 5.21. The molecule has 0 unspecified atom stereocenters. The number of carbonyl (C=O) groups is 1. The molecule has 5 nitrogen and oxygen atoms in total. The number of hydrogen-bond donors (Lipinski definition) is 2. The summed E-state index contributed by atoms with van der Waals surface area (Å²) in [5, 5.41) is 11.1. The Bertz CT molecular complexity index is 384. The SMILES string of the molecule is CC1(C(=O)Nc2nnc(N)s2)CCCCC1. The van der Waals surface area contributed by atoms with E-state index in [4.69, 9.17) is 5.73 Å². The largest absolute Gasteiger partial charge is 0.374 e. The van der Waals surface area contributed by atoms with Crippen molar-refractivity contribution < 1.29 is 4.79 Å². The van der Waals surface area contributed by atoms with E-state index >= 15 is 0 Å². The number of carbonyl (C=O) groups excluding carboxylic acids is 1. The Morgan fingerprint density at radius 2 is 2.06 bits per heavy atom. The monoisotopic (exact) mass is 240 g/mol. The van der Waals surface area contributed by atoms with Crippen molar-refractivity contribution in [1.82, 2.24) is 10.2 Å². The zero-order chi connectivity index (χ0) is 11.6. The number of amides is 1. The molecule has 0 bridgehead atoms. The van der Waals surface area contributed by atoms with Crippen molar-refractivity contribution >= 4 is 27.5 Å². The Hall–Kier alpha value is -1.17. The number of nitrogens with zero attached hydrogens (tertiary/aromatic N) is 2. The van der Waals surface area contributed by atoms with Crippen LogP contribution in [0.5, 0.6) is 0 Å². The zero-order valence-corrected chi connectivity index (χ0v) is 10.1. The van der Waals surface area contributed by atoms with Crippen LogP contribution in [0.15, 0.2) is 0 Å². The molecule has 1 aromatic heterocycles.